The van der Waals surface area contributed by atoms with E-state index in [1.165, 1.54) is 0 Å². The minimum Gasteiger partial charge on any atom is -0.354 e. The summed E-state index contributed by atoms with van der Waals surface area (Å²) < 4.78 is 0. The lowest BCUT2D eigenvalue weighted by Crippen LogP contribution is -2.44. The van der Waals surface area contributed by atoms with Gasteiger partial charge in [-0.3, -0.25) is 5.10 Å². The standard InChI is InChI=1S/C21H22N8S/c1-14-25-19(11-20(26-14)29-9-7-22-8-10-29)27-21-23-12-16(30-21)6-5-15-3-2-4-18-17(15)13-24-28-18/h2-6,11-13,22H,7-10H2,1H3,(H,24,28)(H,23,25,26,27)/b6-5+. The molecule has 0 radical (unpaired) electrons. The summed E-state index contributed by atoms with van der Waals surface area (Å²) >= 11 is 1.59. The first kappa shape index (κ1) is 18.7. The molecule has 0 bridgehead atoms. The number of benzene rings is 1. The smallest absolute Gasteiger partial charge is 0.188 e. The minimum atomic E-state index is 0.749. The molecule has 152 valence electrons. The summed E-state index contributed by atoms with van der Waals surface area (Å²) in [5.41, 5.74) is 2.15. The molecular formula is C21H22N8S. The second-order valence-electron chi connectivity index (χ2n) is 7.10. The molecule has 1 aliphatic rings. The Hall–Kier alpha value is -3.30. The number of H-pyrrole nitrogens is 1. The Bertz CT molecular complexity index is 1190. The van der Waals surface area contributed by atoms with Gasteiger partial charge in [-0.05, 0) is 24.6 Å². The number of nitrogens with one attached hydrogen (secondary N) is 3. The van der Waals surface area contributed by atoms with Crippen molar-refractivity contribution < 1.29 is 0 Å². The molecule has 0 amide bonds. The molecule has 30 heavy (non-hydrogen) atoms. The second-order valence-corrected chi connectivity index (χ2v) is 8.16. The van der Waals surface area contributed by atoms with Crippen molar-refractivity contribution in [2.45, 2.75) is 6.92 Å². The molecule has 5 rings (SSSR count). The van der Waals surface area contributed by atoms with Gasteiger partial charge in [0.2, 0.25) is 0 Å². The Morgan fingerprint density at radius 2 is 2.03 bits per heavy atom. The zero-order chi connectivity index (χ0) is 20.3. The van der Waals surface area contributed by atoms with Crippen molar-refractivity contribution in [3.63, 3.8) is 0 Å². The summed E-state index contributed by atoms with van der Waals surface area (Å²) in [7, 11) is 0. The second kappa shape index (κ2) is 8.21. The number of piperazine rings is 1. The molecule has 1 aliphatic heterocycles. The van der Waals surface area contributed by atoms with Crippen molar-refractivity contribution in [1.82, 2.24) is 30.5 Å². The summed E-state index contributed by atoms with van der Waals surface area (Å²) in [6, 6.07) is 8.12. The molecule has 4 heterocycles. The molecular weight excluding hydrogens is 396 g/mol. The fraction of sp³-hybridized carbons (Fsp3) is 0.238. The molecule has 3 N–H and O–H groups in total. The number of hydrogen-bond acceptors (Lipinski definition) is 8. The minimum absolute atomic E-state index is 0.749. The van der Waals surface area contributed by atoms with E-state index in [0.29, 0.717) is 0 Å². The van der Waals surface area contributed by atoms with E-state index in [1.807, 2.05) is 37.5 Å². The molecule has 4 aromatic rings. The molecule has 0 unspecified atom stereocenters. The summed E-state index contributed by atoms with van der Waals surface area (Å²) in [6.07, 6.45) is 7.88. The van der Waals surface area contributed by atoms with Crippen LogP contribution >= 0.6 is 11.3 Å². The van der Waals surface area contributed by atoms with E-state index < -0.39 is 0 Å². The van der Waals surface area contributed by atoms with Crippen LogP contribution in [0.2, 0.25) is 0 Å². The van der Waals surface area contributed by atoms with Crippen LogP contribution in [0.15, 0.2) is 36.7 Å². The molecule has 1 aromatic carbocycles. The molecule has 1 fully saturated rings. The fourth-order valence-corrected chi connectivity index (χ4v) is 4.24. The average Bonchev–Trinajstić information content (AvgIpc) is 3.42. The van der Waals surface area contributed by atoms with Crippen LogP contribution in [0.3, 0.4) is 0 Å². The molecule has 1 saturated heterocycles. The predicted octanol–water partition coefficient (Wildman–Crippen LogP) is 3.44. The van der Waals surface area contributed by atoms with E-state index in [1.54, 1.807) is 11.3 Å². The van der Waals surface area contributed by atoms with Gasteiger partial charge < -0.3 is 15.5 Å². The monoisotopic (exact) mass is 418 g/mol. The van der Waals surface area contributed by atoms with E-state index in [0.717, 1.165) is 70.1 Å². The van der Waals surface area contributed by atoms with Crippen LogP contribution in [0.1, 0.15) is 16.3 Å². The largest absolute Gasteiger partial charge is 0.354 e. The van der Waals surface area contributed by atoms with Crippen LogP contribution in [-0.4, -0.2) is 51.3 Å². The SMILES string of the molecule is Cc1nc(Nc2ncc(/C=C/c3cccc4[nH]ncc34)s2)cc(N2CCNCC2)n1. The third-order valence-electron chi connectivity index (χ3n) is 4.97. The van der Waals surface area contributed by atoms with Crippen LogP contribution in [0.5, 0.6) is 0 Å². The Kier molecular flexibility index (Phi) is 5.12. The highest BCUT2D eigenvalue weighted by atomic mass is 32.1. The van der Waals surface area contributed by atoms with Gasteiger partial charge in [-0.1, -0.05) is 29.5 Å². The van der Waals surface area contributed by atoms with E-state index in [2.05, 4.69) is 58.9 Å². The van der Waals surface area contributed by atoms with Crippen LogP contribution < -0.4 is 15.5 Å². The quantitative estimate of drug-likeness (QED) is 0.457. The first-order chi connectivity index (χ1) is 14.7. The van der Waals surface area contributed by atoms with Crippen molar-refractivity contribution in [3.05, 3.63) is 52.9 Å². The van der Waals surface area contributed by atoms with Crippen molar-refractivity contribution in [2.75, 3.05) is 36.4 Å². The van der Waals surface area contributed by atoms with Crippen LogP contribution in [0, 0.1) is 6.92 Å². The van der Waals surface area contributed by atoms with Gasteiger partial charge in [0.25, 0.3) is 0 Å². The summed E-state index contributed by atoms with van der Waals surface area (Å²) in [6.45, 7) is 5.77. The Morgan fingerprint density at radius 3 is 2.93 bits per heavy atom. The van der Waals surface area contributed by atoms with Gasteiger partial charge in [0, 0.05) is 48.7 Å². The zero-order valence-corrected chi connectivity index (χ0v) is 17.4. The lowest BCUT2D eigenvalue weighted by Gasteiger charge is -2.28. The van der Waals surface area contributed by atoms with E-state index in [-0.39, 0.29) is 0 Å². The number of rotatable bonds is 5. The molecule has 9 heteroatoms. The predicted molar refractivity (Wildman–Crippen MR) is 122 cm³/mol. The summed E-state index contributed by atoms with van der Waals surface area (Å²) in [4.78, 5) is 17.0. The number of thiazole rings is 1. The Morgan fingerprint density at radius 1 is 1.13 bits per heavy atom. The number of nitrogens with zero attached hydrogens (tertiary/aromatic N) is 5. The third-order valence-corrected chi connectivity index (χ3v) is 5.85. The maximum atomic E-state index is 4.60. The fourth-order valence-electron chi connectivity index (χ4n) is 3.51. The summed E-state index contributed by atoms with van der Waals surface area (Å²) in [5.74, 6) is 2.47. The first-order valence-electron chi connectivity index (χ1n) is 9.89. The van der Waals surface area contributed by atoms with Crippen molar-refractivity contribution in [2.24, 2.45) is 0 Å². The molecule has 0 saturated carbocycles. The topological polar surface area (TPSA) is 94.7 Å². The highest BCUT2D eigenvalue weighted by Crippen LogP contribution is 2.26. The van der Waals surface area contributed by atoms with E-state index >= 15 is 0 Å². The normalized spacial score (nSPS) is 14.6. The maximum Gasteiger partial charge on any atom is 0.188 e. The molecule has 0 atom stereocenters. The van der Waals surface area contributed by atoms with Crippen LogP contribution in [-0.2, 0) is 0 Å². The number of aromatic nitrogens is 5. The highest BCUT2D eigenvalue weighted by molar-refractivity contribution is 7.16. The lowest BCUT2D eigenvalue weighted by molar-refractivity contribution is 0.584. The van der Waals surface area contributed by atoms with Gasteiger partial charge in [0.15, 0.2) is 5.13 Å². The molecule has 8 nitrogen and oxygen atoms in total. The molecule has 0 spiro atoms. The Labute approximate surface area is 178 Å². The maximum absolute atomic E-state index is 4.60. The van der Waals surface area contributed by atoms with Crippen molar-refractivity contribution in [3.8, 4) is 0 Å². The number of anilines is 3. The molecule has 0 aliphatic carbocycles. The van der Waals surface area contributed by atoms with E-state index in [4.69, 9.17) is 0 Å². The molecule has 3 aromatic heterocycles. The van der Waals surface area contributed by atoms with Gasteiger partial charge in [-0.2, -0.15) is 5.10 Å². The number of aromatic amines is 1. The van der Waals surface area contributed by atoms with Gasteiger partial charge in [-0.15, -0.1) is 0 Å². The zero-order valence-electron chi connectivity index (χ0n) is 16.6. The van der Waals surface area contributed by atoms with Crippen molar-refractivity contribution in [1.29, 1.82) is 0 Å². The number of fused-ring (bicyclic) bond motifs is 1. The number of aryl methyl sites for hydroxylation is 1. The van der Waals surface area contributed by atoms with Gasteiger partial charge >= 0.3 is 0 Å². The van der Waals surface area contributed by atoms with Crippen molar-refractivity contribution >= 4 is 51.2 Å². The highest BCUT2D eigenvalue weighted by Gasteiger charge is 2.14. The van der Waals surface area contributed by atoms with Gasteiger partial charge in [0.05, 0.1) is 11.7 Å². The third kappa shape index (κ3) is 4.03. The average molecular weight is 419 g/mol. The number of hydrogen-bond donors (Lipinski definition) is 3. The van der Waals surface area contributed by atoms with Gasteiger partial charge in [-0.25, -0.2) is 15.0 Å². The lowest BCUT2D eigenvalue weighted by atomic mass is 10.1. The Balaban J connectivity index is 1.32. The summed E-state index contributed by atoms with van der Waals surface area (Å²) in [5, 5.41) is 15.7. The first-order valence-corrected chi connectivity index (χ1v) is 10.7. The van der Waals surface area contributed by atoms with Crippen LogP contribution in [0.4, 0.5) is 16.8 Å². The van der Waals surface area contributed by atoms with Crippen LogP contribution in [0.25, 0.3) is 23.1 Å². The van der Waals surface area contributed by atoms with Gasteiger partial charge in [0.1, 0.15) is 17.5 Å². The van der Waals surface area contributed by atoms with E-state index in [9.17, 15) is 0 Å².